The molecule has 0 aliphatic rings. The van der Waals surface area contributed by atoms with Gasteiger partial charge in [0.2, 0.25) is 17.7 Å². The molecule has 0 saturated heterocycles. The molecule has 9 nitrogen and oxygen atoms in total. The molecule has 0 aliphatic carbocycles. The van der Waals surface area contributed by atoms with Crippen LogP contribution in [0.1, 0.15) is 175 Å². The molecule has 9 heteroatoms. The summed E-state index contributed by atoms with van der Waals surface area (Å²) < 4.78 is 0. The Morgan fingerprint density at radius 3 is 1.53 bits per heavy atom. The van der Waals surface area contributed by atoms with E-state index in [0.717, 1.165) is 64.3 Å². The van der Waals surface area contributed by atoms with Gasteiger partial charge in [-0.15, -0.1) is 0 Å². The topological polar surface area (TPSA) is 137 Å². The van der Waals surface area contributed by atoms with Crippen molar-refractivity contribution in [2.75, 3.05) is 13.1 Å². The number of nitrogens with one attached hydrogen (secondary N) is 4. The SMILES string of the molecule is CCCCCCCCCCCCCCCC(=O)N[C@@H](CCC(=O)N[C@@H](CCCCNC(C)C)C(=O)NCCCCCC)C(=O)O. The lowest BCUT2D eigenvalue weighted by atomic mass is 10.0. The van der Waals surface area contributed by atoms with Crippen molar-refractivity contribution in [1.29, 1.82) is 0 Å². The average Bonchev–Trinajstić information content (AvgIpc) is 3.00. The molecule has 0 radical (unpaired) electrons. The van der Waals surface area contributed by atoms with Crippen molar-refractivity contribution in [3.8, 4) is 0 Å². The molecule has 0 aromatic carbocycles. The minimum Gasteiger partial charge on any atom is -0.480 e. The first-order chi connectivity index (χ1) is 21.7. The van der Waals surface area contributed by atoms with Gasteiger partial charge < -0.3 is 26.4 Å². The van der Waals surface area contributed by atoms with Crippen LogP contribution in [0.4, 0.5) is 0 Å². The minimum atomic E-state index is -1.15. The van der Waals surface area contributed by atoms with E-state index in [2.05, 4.69) is 49.0 Å². The highest BCUT2D eigenvalue weighted by atomic mass is 16.4. The van der Waals surface area contributed by atoms with Gasteiger partial charge in [0.15, 0.2) is 0 Å². The maximum absolute atomic E-state index is 12.8. The van der Waals surface area contributed by atoms with Crippen molar-refractivity contribution in [2.45, 2.75) is 193 Å². The quantitative estimate of drug-likeness (QED) is 0.0496. The van der Waals surface area contributed by atoms with Crippen LogP contribution in [-0.4, -0.2) is 60.0 Å². The fourth-order valence-corrected chi connectivity index (χ4v) is 5.39. The number of amides is 3. The summed E-state index contributed by atoms with van der Waals surface area (Å²) in [6.45, 7) is 9.97. The molecule has 0 saturated carbocycles. The Morgan fingerprint density at radius 1 is 0.533 bits per heavy atom. The first-order valence-corrected chi connectivity index (χ1v) is 18.5. The lowest BCUT2D eigenvalue weighted by Gasteiger charge is -2.20. The van der Waals surface area contributed by atoms with Gasteiger partial charge in [-0.1, -0.05) is 124 Å². The van der Waals surface area contributed by atoms with Crippen LogP contribution in [-0.2, 0) is 19.2 Å². The molecule has 0 spiro atoms. The zero-order chi connectivity index (χ0) is 33.5. The summed E-state index contributed by atoms with van der Waals surface area (Å²) >= 11 is 0. The molecule has 0 unspecified atom stereocenters. The Labute approximate surface area is 275 Å². The first kappa shape index (κ1) is 42.8. The van der Waals surface area contributed by atoms with E-state index in [-0.39, 0.29) is 30.6 Å². The van der Waals surface area contributed by atoms with E-state index >= 15 is 0 Å². The fraction of sp³-hybridized carbons (Fsp3) is 0.889. The molecule has 3 amide bonds. The number of carboxylic acid groups (broad SMARTS) is 1. The second-order valence-electron chi connectivity index (χ2n) is 13.1. The number of hydrogen-bond acceptors (Lipinski definition) is 5. The number of carbonyl (C=O) groups excluding carboxylic acids is 3. The zero-order valence-electron chi connectivity index (χ0n) is 29.5. The predicted octanol–water partition coefficient (Wildman–Crippen LogP) is 7.17. The van der Waals surface area contributed by atoms with E-state index in [1.165, 1.54) is 64.2 Å². The van der Waals surface area contributed by atoms with Crippen LogP contribution in [0.15, 0.2) is 0 Å². The Hall–Kier alpha value is -2.16. The lowest BCUT2D eigenvalue weighted by Crippen LogP contribution is -2.47. The van der Waals surface area contributed by atoms with Crippen molar-refractivity contribution in [3.05, 3.63) is 0 Å². The molecule has 0 aromatic heterocycles. The number of unbranched alkanes of at least 4 members (excludes halogenated alkanes) is 16. The van der Waals surface area contributed by atoms with Gasteiger partial charge >= 0.3 is 5.97 Å². The largest absolute Gasteiger partial charge is 0.480 e. The minimum absolute atomic E-state index is 0.0187. The molecule has 0 aliphatic heterocycles. The summed E-state index contributed by atoms with van der Waals surface area (Å²) in [5.74, 6) is -2.02. The summed E-state index contributed by atoms with van der Waals surface area (Å²) in [7, 11) is 0. The summed E-state index contributed by atoms with van der Waals surface area (Å²) in [5.41, 5.74) is 0. The molecule has 2 atom stereocenters. The third-order valence-electron chi connectivity index (χ3n) is 8.25. The molecule has 0 heterocycles. The van der Waals surface area contributed by atoms with Crippen molar-refractivity contribution >= 4 is 23.7 Å². The lowest BCUT2D eigenvalue weighted by molar-refractivity contribution is -0.142. The monoisotopic (exact) mass is 639 g/mol. The fourth-order valence-electron chi connectivity index (χ4n) is 5.39. The van der Waals surface area contributed by atoms with E-state index in [1.54, 1.807) is 0 Å². The highest BCUT2D eigenvalue weighted by molar-refractivity contribution is 5.88. The maximum Gasteiger partial charge on any atom is 0.326 e. The average molecular weight is 639 g/mol. The van der Waals surface area contributed by atoms with Crippen LogP contribution in [0.5, 0.6) is 0 Å². The van der Waals surface area contributed by atoms with Gasteiger partial charge in [0.05, 0.1) is 0 Å². The molecule has 5 N–H and O–H groups in total. The Balaban J connectivity index is 4.40. The highest BCUT2D eigenvalue weighted by Crippen LogP contribution is 2.13. The normalized spacial score (nSPS) is 12.6. The molecule has 264 valence electrons. The second kappa shape index (κ2) is 30.5. The van der Waals surface area contributed by atoms with Crippen LogP contribution in [0.25, 0.3) is 0 Å². The standard InChI is InChI=1S/C36H70N4O5/c1-5-7-9-11-12-13-14-15-16-17-18-19-20-25-33(41)40-32(36(44)45)26-27-34(42)39-31(24-21-23-28-37-30(3)4)35(43)38-29-22-10-8-6-2/h30-32,37H,5-29H2,1-4H3,(H,38,43)(H,39,42)(H,40,41)(H,44,45)/t31-,32-/m0/s1. The number of rotatable bonds is 32. The van der Waals surface area contributed by atoms with Crippen LogP contribution in [0.3, 0.4) is 0 Å². The highest BCUT2D eigenvalue weighted by Gasteiger charge is 2.24. The maximum atomic E-state index is 12.8. The molecule has 0 fully saturated rings. The predicted molar refractivity (Wildman–Crippen MR) is 185 cm³/mol. The van der Waals surface area contributed by atoms with Gasteiger partial charge in [0.25, 0.3) is 0 Å². The van der Waals surface area contributed by atoms with Crippen molar-refractivity contribution in [1.82, 2.24) is 21.3 Å². The second-order valence-corrected chi connectivity index (χ2v) is 13.1. The van der Waals surface area contributed by atoms with Crippen molar-refractivity contribution < 1.29 is 24.3 Å². The van der Waals surface area contributed by atoms with E-state index in [0.29, 0.717) is 25.4 Å². The number of aliphatic carboxylic acids is 1. The van der Waals surface area contributed by atoms with Gasteiger partial charge in [0.1, 0.15) is 12.1 Å². The van der Waals surface area contributed by atoms with Crippen molar-refractivity contribution in [3.63, 3.8) is 0 Å². The number of carboxylic acids is 1. The number of hydrogen-bond donors (Lipinski definition) is 5. The first-order valence-electron chi connectivity index (χ1n) is 18.5. The molecule has 45 heavy (non-hydrogen) atoms. The van der Waals surface area contributed by atoms with Crippen LogP contribution >= 0.6 is 0 Å². The van der Waals surface area contributed by atoms with Crippen LogP contribution in [0, 0.1) is 0 Å². The zero-order valence-corrected chi connectivity index (χ0v) is 29.5. The van der Waals surface area contributed by atoms with E-state index in [9.17, 15) is 24.3 Å². The summed E-state index contributed by atoms with van der Waals surface area (Å²) in [5, 5.41) is 21.4. The Bertz CT molecular complexity index is 762. The summed E-state index contributed by atoms with van der Waals surface area (Å²) in [6, 6.07) is -1.39. The third-order valence-corrected chi connectivity index (χ3v) is 8.25. The van der Waals surface area contributed by atoms with E-state index < -0.39 is 18.1 Å². The van der Waals surface area contributed by atoms with Gasteiger partial charge in [-0.05, 0) is 45.1 Å². The molecule has 0 aromatic rings. The van der Waals surface area contributed by atoms with Gasteiger partial charge in [-0.3, -0.25) is 14.4 Å². The Kier molecular flexibility index (Phi) is 29.0. The van der Waals surface area contributed by atoms with Crippen LogP contribution < -0.4 is 21.3 Å². The van der Waals surface area contributed by atoms with Gasteiger partial charge in [-0.25, -0.2) is 4.79 Å². The molecule has 0 bridgehead atoms. The summed E-state index contributed by atoms with van der Waals surface area (Å²) in [4.78, 5) is 49.8. The van der Waals surface area contributed by atoms with E-state index in [1.807, 2.05) is 0 Å². The summed E-state index contributed by atoms with van der Waals surface area (Å²) in [6.07, 6.45) is 22.4. The third kappa shape index (κ3) is 27.8. The van der Waals surface area contributed by atoms with Gasteiger partial charge in [-0.2, -0.15) is 0 Å². The van der Waals surface area contributed by atoms with Gasteiger partial charge in [0, 0.05) is 25.4 Å². The molecular formula is C36H70N4O5. The van der Waals surface area contributed by atoms with E-state index in [4.69, 9.17) is 0 Å². The molecule has 0 rings (SSSR count). The number of carbonyl (C=O) groups is 4. The Morgan fingerprint density at radius 2 is 1.00 bits per heavy atom. The van der Waals surface area contributed by atoms with Crippen LogP contribution in [0.2, 0.25) is 0 Å². The smallest absolute Gasteiger partial charge is 0.326 e. The van der Waals surface area contributed by atoms with Crippen molar-refractivity contribution in [2.24, 2.45) is 0 Å². The molecular weight excluding hydrogens is 568 g/mol.